The van der Waals surface area contributed by atoms with Gasteiger partial charge in [0.15, 0.2) is 0 Å². The topological polar surface area (TPSA) is 32.8 Å². The van der Waals surface area contributed by atoms with Gasteiger partial charge in [0.05, 0.1) is 0 Å². The zero-order chi connectivity index (χ0) is 12.0. The van der Waals surface area contributed by atoms with E-state index in [-0.39, 0.29) is 12.1 Å². The van der Waals surface area contributed by atoms with Crippen molar-refractivity contribution < 1.29 is 9.53 Å². The molecule has 1 aliphatic rings. The van der Waals surface area contributed by atoms with Crippen molar-refractivity contribution in [2.45, 2.75) is 39.3 Å². The second-order valence-electron chi connectivity index (χ2n) is 4.20. The molecular formula is C12H24N2O2. The lowest BCUT2D eigenvalue weighted by Gasteiger charge is -2.28. The summed E-state index contributed by atoms with van der Waals surface area (Å²) < 4.78 is 5.42. The van der Waals surface area contributed by atoms with Crippen LogP contribution in [0.15, 0.2) is 0 Å². The summed E-state index contributed by atoms with van der Waals surface area (Å²) in [6, 6.07) is 0. The molecule has 1 fully saturated rings. The van der Waals surface area contributed by atoms with Crippen molar-refractivity contribution in [2.24, 2.45) is 0 Å². The molecule has 1 amide bonds. The number of hydrogen-bond acceptors (Lipinski definition) is 3. The van der Waals surface area contributed by atoms with Gasteiger partial charge in [-0.05, 0) is 19.5 Å². The lowest BCUT2D eigenvalue weighted by atomic mass is 10.3. The molecule has 0 unspecified atom stereocenters. The molecule has 0 aliphatic carbocycles. The molecule has 0 spiro atoms. The van der Waals surface area contributed by atoms with Gasteiger partial charge in [0.25, 0.3) is 0 Å². The van der Waals surface area contributed by atoms with Gasteiger partial charge in [-0.25, -0.2) is 0 Å². The molecule has 16 heavy (non-hydrogen) atoms. The third kappa shape index (κ3) is 3.46. The second-order valence-corrected chi connectivity index (χ2v) is 4.20. The minimum atomic E-state index is -0.0319. The molecule has 0 aromatic heterocycles. The fraction of sp³-hybridized carbons (Fsp3) is 0.917. The molecule has 0 saturated carbocycles. The van der Waals surface area contributed by atoms with E-state index in [2.05, 4.69) is 18.7 Å². The first-order chi connectivity index (χ1) is 7.72. The van der Waals surface area contributed by atoms with E-state index < -0.39 is 0 Å². The standard InChI is InChI=1S/C12H24N2O2/c1-4-13(5-2)10-8-12(16-3)14-9-6-7-11(14)15/h12H,4-10H2,1-3H3/t12-/m0/s1. The van der Waals surface area contributed by atoms with Gasteiger partial charge in [-0.15, -0.1) is 0 Å². The van der Waals surface area contributed by atoms with Crippen molar-refractivity contribution in [1.29, 1.82) is 0 Å². The Hall–Kier alpha value is -0.610. The third-order valence-corrected chi connectivity index (χ3v) is 3.32. The summed E-state index contributed by atoms with van der Waals surface area (Å²) in [4.78, 5) is 15.8. The van der Waals surface area contributed by atoms with Crippen LogP contribution in [0, 0.1) is 0 Å². The number of ether oxygens (including phenoxy) is 1. The molecule has 1 aliphatic heterocycles. The van der Waals surface area contributed by atoms with Gasteiger partial charge in [-0.1, -0.05) is 13.8 Å². The number of carbonyl (C=O) groups is 1. The second kappa shape index (κ2) is 6.86. The van der Waals surface area contributed by atoms with E-state index in [9.17, 15) is 4.79 Å². The lowest BCUT2D eigenvalue weighted by Crippen LogP contribution is -2.40. The normalized spacial score (nSPS) is 18.5. The van der Waals surface area contributed by atoms with Crippen LogP contribution in [0.25, 0.3) is 0 Å². The van der Waals surface area contributed by atoms with Crippen LogP contribution in [0.4, 0.5) is 0 Å². The summed E-state index contributed by atoms with van der Waals surface area (Å²) in [5.41, 5.74) is 0. The number of nitrogens with zero attached hydrogens (tertiary/aromatic N) is 2. The minimum Gasteiger partial charge on any atom is -0.361 e. The van der Waals surface area contributed by atoms with Crippen LogP contribution in [0.1, 0.15) is 33.1 Å². The third-order valence-electron chi connectivity index (χ3n) is 3.32. The van der Waals surface area contributed by atoms with Crippen molar-refractivity contribution in [3.05, 3.63) is 0 Å². The highest BCUT2D eigenvalue weighted by Gasteiger charge is 2.27. The average Bonchev–Trinajstić information content (AvgIpc) is 2.71. The van der Waals surface area contributed by atoms with E-state index in [0.717, 1.165) is 39.0 Å². The van der Waals surface area contributed by atoms with Crippen molar-refractivity contribution in [2.75, 3.05) is 33.3 Å². The quantitative estimate of drug-likeness (QED) is 0.658. The zero-order valence-electron chi connectivity index (χ0n) is 10.7. The van der Waals surface area contributed by atoms with Crippen molar-refractivity contribution in [3.8, 4) is 0 Å². The number of rotatable bonds is 7. The Labute approximate surface area is 98.5 Å². The van der Waals surface area contributed by atoms with Crippen LogP contribution in [0.5, 0.6) is 0 Å². The predicted octanol–water partition coefficient (Wildman–Crippen LogP) is 1.31. The molecule has 4 heteroatoms. The summed E-state index contributed by atoms with van der Waals surface area (Å²) in [6.07, 6.45) is 2.54. The van der Waals surface area contributed by atoms with Gasteiger partial charge in [0.2, 0.25) is 5.91 Å². The van der Waals surface area contributed by atoms with E-state index in [1.165, 1.54) is 0 Å². The summed E-state index contributed by atoms with van der Waals surface area (Å²) in [5.74, 6) is 0.242. The SMILES string of the molecule is CCN(CC)CC[C@H](OC)N1CCCC1=O. The van der Waals surface area contributed by atoms with E-state index in [1.54, 1.807) is 7.11 Å². The average molecular weight is 228 g/mol. The Balaban J connectivity index is 2.39. The molecule has 1 heterocycles. The minimum absolute atomic E-state index is 0.0319. The van der Waals surface area contributed by atoms with Crippen LogP contribution in [0.2, 0.25) is 0 Å². The van der Waals surface area contributed by atoms with Crippen LogP contribution >= 0.6 is 0 Å². The van der Waals surface area contributed by atoms with Gasteiger partial charge in [0.1, 0.15) is 6.23 Å². The van der Waals surface area contributed by atoms with Crippen molar-refractivity contribution >= 4 is 5.91 Å². The molecule has 94 valence electrons. The number of hydrogen-bond donors (Lipinski definition) is 0. The predicted molar refractivity (Wildman–Crippen MR) is 64.1 cm³/mol. The Morgan fingerprint density at radius 2 is 2.12 bits per heavy atom. The van der Waals surface area contributed by atoms with Crippen LogP contribution < -0.4 is 0 Å². The lowest BCUT2D eigenvalue weighted by molar-refractivity contribution is -0.139. The molecular weight excluding hydrogens is 204 g/mol. The molecule has 0 aromatic rings. The summed E-state index contributed by atoms with van der Waals surface area (Å²) in [7, 11) is 1.69. The highest BCUT2D eigenvalue weighted by atomic mass is 16.5. The first-order valence-electron chi connectivity index (χ1n) is 6.27. The summed E-state index contributed by atoms with van der Waals surface area (Å²) in [6.45, 7) is 8.28. The van der Waals surface area contributed by atoms with E-state index >= 15 is 0 Å². The first-order valence-corrected chi connectivity index (χ1v) is 6.27. The molecule has 0 aromatic carbocycles. The van der Waals surface area contributed by atoms with Crippen LogP contribution in [0.3, 0.4) is 0 Å². The van der Waals surface area contributed by atoms with E-state index in [0.29, 0.717) is 6.42 Å². The van der Waals surface area contributed by atoms with E-state index in [1.807, 2.05) is 4.90 Å². The fourth-order valence-corrected chi connectivity index (χ4v) is 2.21. The highest BCUT2D eigenvalue weighted by Crippen LogP contribution is 2.16. The maximum absolute atomic E-state index is 11.6. The first kappa shape index (κ1) is 13.5. The maximum Gasteiger partial charge on any atom is 0.224 e. The zero-order valence-corrected chi connectivity index (χ0v) is 10.7. The molecule has 0 radical (unpaired) electrons. The number of amides is 1. The molecule has 0 bridgehead atoms. The Bertz CT molecular complexity index is 217. The summed E-state index contributed by atoms with van der Waals surface area (Å²) in [5, 5.41) is 0. The molecule has 4 nitrogen and oxygen atoms in total. The van der Waals surface area contributed by atoms with Gasteiger partial charge >= 0.3 is 0 Å². The highest BCUT2D eigenvalue weighted by molar-refractivity contribution is 5.78. The Kier molecular flexibility index (Phi) is 5.77. The monoisotopic (exact) mass is 228 g/mol. The van der Waals surface area contributed by atoms with Gasteiger partial charge < -0.3 is 14.5 Å². The van der Waals surface area contributed by atoms with Crippen molar-refractivity contribution in [1.82, 2.24) is 9.80 Å². The van der Waals surface area contributed by atoms with Crippen LogP contribution in [-0.4, -0.2) is 55.2 Å². The smallest absolute Gasteiger partial charge is 0.224 e. The van der Waals surface area contributed by atoms with Gasteiger partial charge in [-0.2, -0.15) is 0 Å². The van der Waals surface area contributed by atoms with E-state index in [4.69, 9.17) is 4.74 Å². The Morgan fingerprint density at radius 1 is 1.44 bits per heavy atom. The number of likely N-dealkylation sites (tertiary alicyclic amines) is 1. The molecule has 1 saturated heterocycles. The fourth-order valence-electron chi connectivity index (χ4n) is 2.21. The van der Waals surface area contributed by atoms with Crippen LogP contribution in [-0.2, 0) is 9.53 Å². The maximum atomic E-state index is 11.6. The van der Waals surface area contributed by atoms with Gasteiger partial charge in [-0.3, -0.25) is 4.79 Å². The molecule has 1 atom stereocenters. The molecule has 0 N–H and O–H groups in total. The Morgan fingerprint density at radius 3 is 2.56 bits per heavy atom. The largest absolute Gasteiger partial charge is 0.361 e. The number of carbonyl (C=O) groups excluding carboxylic acids is 1. The summed E-state index contributed by atoms with van der Waals surface area (Å²) >= 11 is 0. The van der Waals surface area contributed by atoms with Gasteiger partial charge in [0, 0.05) is 33.0 Å². The number of methoxy groups -OCH3 is 1. The molecule has 1 rings (SSSR count). The van der Waals surface area contributed by atoms with Crippen molar-refractivity contribution in [3.63, 3.8) is 0 Å².